The third kappa shape index (κ3) is 3.63. The SMILES string of the molecule is O=C(N[C@H](CO)c1ccccc1)c1sccc1Cc1ccnc2[nH]ccc12. The second-order valence-electron chi connectivity index (χ2n) is 6.28. The number of carbonyl (C=O) groups is 1. The van der Waals surface area contributed by atoms with Gasteiger partial charge in [0.15, 0.2) is 0 Å². The number of rotatable bonds is 6. The molecular weight excluding hydrogens is 358 g/mol. The van der Waals surface area contributed by atoms with Gasteiger partial charge in [-0.15, -0.1) is 11.3 Å². The minimum atomic E-state index is -0.425. The molecule has 1 aromatic carbocycles. The number of thiophene rings is 1. The number of aromatic nitrogens is 2. The van der Waals surface area contributed by atoms with E-state index >= 15 is 0 Å². The van der Waals surface area contributed by atoms with Gasteiger partial charge in [-0.1, -0.05) is 30.3 Å². The normalized spacial score (nSPS) is 12.2. The van der Waals surface area contributed by atoms with Crippen molar-refractivity contribution in [2.24, 2.45) is 0 Å². The lowest BCUT2D eigenvalue weighted by Gasteiger charge is -2.17. The number of aromatic amines is 1. The Morgan fingerprint density at radius 1 is 1.15 bits per heavy atom. The molecule has 0 fully saturated rings. The van der Waals surface area contributed by atoms with Crippen molar-refractivity contribution in [2.45, 2.75) is 12.5 Å². The molecule has 27 heavy (non-hydrogen) atoms. The molecule has 136 valence electrons. The van der Waals surface area contributed by atoms with Gasteiger partial charge in [0.1, 0.15) is 5.65 Å². The number of fused-ring (bicyclic) bond motifs is 1. The van der Waals surface area contributed by atoms with Crippen LogP contribution in [0.15, 0.2) is 66.3 Å². The topological polar surface area (TPSA) is 78.0 Å². The van der Waals surface area contributed by atoms with E-state index in [1.807, 2.05) is 60.1 Å². The van der Waals surface area contributed by atoms with Gasteiger partial charge in [-0.2, -0.15) is 0 Å². The molecule has 4 rings (SSSR count). The Hall–Kier alpha value is -2.96. The number of aliphatic hydroxyl groups excluding tert-OH is 1. The first-order chi connectivity index (χ1) is 13.3. The lowest BCUT2D eigenvalue weighted by Crippen LogP contribution is -2.30. The molecule has 5 nitrogen and oxygen atoms in total. The van der Waals surface area contributed by atoms with E-state index in [1.165, 1.54) is 11.3 Å². The summed E-state index contributed by atoms with van der Waals surface area (Å²) < 4.78 is 0. The van der Waals surface area contributed by atoms with Gasteiger partial charge in [-0.3, -0.25) is 4.79 Å². The van der Waals surface area contributed by atoms with Crippen LogP contribution in [0.1, 0.15) is 32.4 Å². The smallest absolute Gasteiger partial charge is 0.262 e. The number of aliphatic hydroxyl groups is 1. The molecule has 0 unspecified atom stereocenters. The predicted molar refractivity (Wildman–Crippen MR) is 107 cm³/mol. The van der Waals surface area contributed by atoms with Crippen molar-refractivity contribution in [2.75, 3.05) is 6.61 Å². The van der Waals surface area contributed by atoms with Crippen LogP contribution in [0.2, 0.25) is 0 Å². The van der Waals surface area contributed by atoms with E-state index < -0.39 is 6.04 Å². The first kappa shape index (κ1) is 17.5. The third-order valence-electron chi connectivity index (χ3n) is 4.57. The van der Waals surface area contributed by atoms with E-state index in [0.717, 1.165) is 27.7 Å². The highest BCUT2D eigenvalue weighted by atomic mass is 32.1. The second kappa shape index (κ2) is 7.73. The molecule has 1 atom stereocenters. The van der Waals surface area contributed by atoms with Crippen LogP contribution in [0.5, 0.6) is 0 Å². The lowest BCUT2D eigenvalue weighted by atomic mass is 10.0. The number of hydrogen-bond donors (Lipinski definition) is 3. The summed E-state index contributed by atoms with van der Waals surface area (Å²) in [5.41, 5.74) is 3.82. The largest absolute Gasteiger partial charge is 0.394 e. The highest BCUT2D eigenvalue weighted by Crippen LogP contribution is 2.25. The fraction of sp³-hybridized carbons (Fsp3) is 0.143. The summed E-state index contributed by atoms with van der Waals surface area (Å²) in [6, 6.07) is 15.0. The van der Waals surface area contributed by atoms with Crippen LogP contribution >= 0.6 is 11.3 Å². The predicted octanol–water partition coefficient (Wildman–Crippen LogP) is 3.68. The molecule has 3 N–H and O–H groups in total. The van der Waals surface area contributed by atoms with Gasteiger partial charge in [0.05, 0.1) is 17.5 Å². The van der Waals surface area contributed by atoms with Crippen molar-refractivity contribution in [1.29, 1.82) is 0 Å². The van der Waals surface area contributed by atoms with Gasteiger partial charge in [-0.25, -0.2) is 4.98 Å². The van der Waals surface area contributed by atoms with Crippen molar-refractivity contribution in [3.8, 4) is 0 Å². The molecule has 0 spiro atoms. The Labute approximate surface area is 160 Å². The summed E-state index contributed by atoms with van der Waals surface area (Å²) in [4.78, 5) is 20.9. The van der Waals surface area contributed by atoms with Crippen LogP contribution in [-0.2, 0) is 6.42 Å². The lowest BCUT2D eigenvalue weighted by molar-refractivity contribution is 0.0919. The first-order valence-electron chi connectivity index (χ1n) is 8.70. The Morgan fingerprint density at radius 3 is 2.81 bits per heavy atom. The maximum absolute atomic E-state index is 12.8. The van der Waals surface area contributed by atoms with Crippen molar-refractivity contribution < 1.29 is 9.90 Å². The Kier molecular flexibility index (Phi) is 5.00. The average molecular weight is 377 g/mol. The molecule has 0 aliphatic carbocycles. The monoisotopic (exact) mass is 377 g/mol. The molecule has 6 heteroatoms. The fourth-order valence-electron chi connectivity index (χ4n) is 3.20. The number of amides is 1. The minimum absolute atomic E-state index is 0.148. The van der Waals surface area contributed by atoms with Crippen LogP contribution < -0.4 is 5.32 Å². The third-order valence-corrected chi connectivity index (χ3v) is 5.53. The highest BCUT2D eigenvalue weighted by Gasteiger charge is 2.19. The zero-order valence-electron chi connectivity index (χ0n) is 14.6. The number of nitrogens with zero attached hydrogens (tertiary/aromatic N) is 1. The summed E-state index contributed by atoms with van der Waals surface area (Å²) in [5.74, 6) is -0.165. The molecule has 3 heterocycles. The van der Waals surface area contributed by atoms with Gasteiger partial charge >= 0.3 is 0 Å². The maximum atomic E-state index is 12.8. The minimum Gasteiger partial charge on any atom is -0.394 e. The Morgan fingerprint density at radius 2 is 2.00 bits per heavy atom. The van der Waals surface area contributed by atoms with E-state index in [9.17, 15) is 9.90 Å². The van der Waals surface area contributed by atoms with Crippen LogP contribution in [0.25, 0.3) is 11.0 Å². The average Bonchev–Trinajstić information content (AvgIpc) is 3.36. The zero-order chi connectivity index (χ0) is 18.6. The molecule has 0 aliphatic heterocycles. The van der Waals surface area contributed by atoms with E-state index in [-0.39, 0.29) is 12.5 Å². The van der Waals surface area contributed by atoms with Gasteiger partial charge in [0, 0.05) is 17.8 Å². The maximum Gasteiger partial charge on any atom is 0.262 e. The van der Waals surface area contributed by atoms with Crippen LogP contribution in [0.4, 0.5) is 0 Å². The van der Waals surface area contributed by atoms with Crippen LogP contribution in [0, 0.1) is 0 Å². The van der Waals surface area contributed by atoms with E-state index in [0.29, 0.717) is 11.3 Å². The molecule has 0 saturated heterocycles. The first-order valence-corrected chi connectivity index (χ1v) is 9.58. The van der Waals surface area contributed by atoms with Gasteiger partial charge in [0.25, 0.3) is 5.91 Å². The second-order valence-corrected chi connectivity index (χ2v) is 7.20. The Bertz CT molecular complexity index is 1060. The summed E-state index contributed by atoms with van der Waals surface area (Å²) in [7, 11) is 0. The molecule has 0 aliphatic rings. The quantitative estimate of drug-likeness (QED) is 0.480. The van der Waals surface area contributed by atoms with Gasteiger partial charge in [-0.05, 0) is 46.7 Å². The molecular formula is C21H19N3O2S. The summed E-state index contributed by atoms with van der Waals surface area (Å²) >= 11 is 1.41. The number of benzene rings is 1. The standard InChI is InChI=1S/C21H19N3O2S/c25-13-18(14-4-2-1-3-5-14)24-21(26)19-16(8-11-27-19)12-15-6-9-22-20-17(15)7-10-23-20/h1-11,18,25H,12-13H2,(H,22,23)(H,24,26)/t18-/m1/s1. The fourth-order valence-corrected chi connectivity index (χ4v) is 4.02. The van der Waals surface area contributed by atoms with Crippen molar-refractivity contribution in [1.82, 2.24) is 15.3 Å². The van der Waals surface area contributed by atoms with E-state index in [4.69, 9.17) is 0 Å². The molecule has 1 amide bonds. The molecule has 0 saturated carbocycles. The molecule has 0 radical (unpaired) electrons. The van der Waals surface area contributed by atoms with E-state index in [2.05, 4.69) is 15.3 Å². The van der Waals surface area contributed by atoms with Crippen LogP contribution in [-0.4, -0.2) is 27.6 Å². The summed E-state index contributed by atoms with van der Waals surface area (Å²) in [6.07, 6.45) is 4.30. The highest BCUT2D eigenvalue weighted by molar-refractivity contribution is 7.12. The van der Waals surface area contributed by atoms with Crippen LogP contribution in [0.3, 0.4) is 0 Å². The number of H-pyrrole nitrogens is 1. The number of nitrogens with one attached hydrogen (secondary N) is 2. The molecule has 3 aromatic heterocycles. The number of hydrogen-bond acceptors (Lipinski definition) is 4. The number of pyridine rings is 1. The van der Waals surface area contributed by atoms with Gasteiger partial charge in [0.2, 0.25) is 0 Å². The van der Waals surface area contributed by atoms with E-state index in [1.54, 1.807) is 6.20 Å². The van der Waals surface area contributed by atoms with Crippen molar-refractivity contribution >= 4 is 28.3 Å². The van der Waals surface area contributed by atoms with Crippen molar-refractivity contribution in [3.05, 3.63) is 87.9 Å². The number of carbonyl (C=O) groups excluding carboxylic acids is 1. The molecule has 4 aromatic rings. The van der Waals surface area contributed by atoms with Crippen molar-refractivity contribution in [3.63, 3.8) is 0 Å². The van der Waals surface area contributed by atoms with Gasteiger partial charge < -0.3 is 15.4 Å². The molecule has 0 bridgehead atoms. The Balaban J connectivity index is 1.56. The summed E-state index contributed by atoms with van der Waals surface area (Å²) in [6.45, 7) is -0.148. The summed E-state index contributed by atoms with van der Waals surface area (Å²) in [5, 5.41) is 15.6. The zero-order valence-corrected chi connectivity index (χ0v) is 15.4.